The van der Waals surface area contributed by atoms with Gasteiger partial charge in [-0.05, 0) is 28.8 Å². The van der Waals surface area contributed by atoms with Gasteiger partial charge in [0.15, 0.2) is 0 Å². The molecule has 1 heterocycles. The minimum atomic E-state index is 0.189. The number of thiophene rings is 1. The Morgan fingerprint density at radius 3 is 3.14 bits per heavy atom. The van der Waals surface area contributed by atoms with E-state index in [0.29, 0.717) is 0 Å². The van der Waals surface area contributed by atoms with Crippen molar-refractivity contribution in [2.24, 2.45) is 5.73 Å². The van der Waals surface area contributed by atoms with E-state index in [4.69, 9.17) is 10.5 Å². The molecule has 4 heteroatoms. The van der Waals surface area contributed by atoms with Crippen molar-refractivity contribution in [1.29, 1.82) is 0 Å². The number of nitrogens with two attached hydrogens (primary N) is 1. The van der Waals surface area contributed by atoms with Gasteiger partial charge < -0.3 is 15.8 Å². The van der Waals surface area contributed by atoms with Crippen LogP contribution in [0.4, 0.5) is 0 Å². The van der Waals surface area contributed by atoms with Gasteiger partial charge in [0.2, 0.25) is 0 Å². The van der Waals surface area contributed by atoms with Gasteiger partial charge in [0.1, 0.15) is 0 Å². The summed E-state index contributed by atoms with van der Waals surface area (Å²) < 4.78 is 4.96. The van der Waals surface area contributed by atoms with E-state index < -0.39 is 0 Å². The first kappa shape index (κ1) is 11.7. The summed E-state index contributed by atoms with van der Waals surface area (Å²) in [4.78, 5) is 0. The Morgan fingerprint density at radius 1 is 1.64 bits per heavy atom. The molecule has 0 aromatic carbocycles. The summed E-state index contributed by atoms with van der Waals surface area (Å²) in [5.41, 5.74) is 7.19. The minimum Gasteiger partial charge on any atom is -0.385 e. The predicted molar refractivity (Wildman–Crippen MR) is 60.5 cm³/mol. The van der Waals surface area contributed by atoms with Crippen molar-refractivity contribution in [2.45, 2.75) is 19.0 Å². The second kappa shape index (κ2) is 6.95. The lowest BCUT2D eigenvalue weighted by Gasteiger charge is -2.11. The Kier molecular flexibility index (Phi) is 5.78. The van der Waals surface area contributed by atoms with Crippen LogP contribution in [0.5, 0.6) is 0 Å². The van der Waals surface area contributed by atoms with E-state index in [9.17, 15) is 0 Å². The molecule has 0 saturated heterocycles. The summed E-state index contributed by atoms with van der Waals surface area (Å²) >= 11 is 1.72. The van der Waals surface area contributed by atoms with Crippen molar-refractivity contribution in [3.8, 4) is 0 Å². The van der Waals surface area contributed by atoms with Crippen LogP contribution in [0.3, 0.4) is 0 Å². The van der Waals surface area contributed by atoms with Gasteiger partial charge in [0.05, 0.1) is 0 Å². The first-order valence-electron chi connectivity index (χ1n) is 4.79. The van der Waals surface area contributed by atoms with E-state index in [2.05, 4.69) is 22.1 Å². The molecule has 1 aromatic heterocycles. The fraction of sp³-hybridized carbons (Fsp3) is 0.600. The van der Waals surface area contributed by atoms with E-state index in [1.807, 2.05) is 0 Å². The summed E-state index contributed by atoms with van der Waals surface area (Å²) in [6, 6.07) is 2.31. The minimum absolute atomic E-state index is 0.189. The molecule has 1 aromatic rings. The van der Waals surface area contributed by atoms with Crippen LogP contribution in [-0.4, -0.2) is 26.3 Å². The van der Waals surface area contributed by atoms with Crippen LogP contribution in [0.25, 0.3) is 0 Å². The lowest BCUT2D eigenvalue weighted by atomic mass is 10.2. The SMILES string of the molecule is COCCC(N)CNCc1ccsc1. The first-order chi connectivity index (χ1) is 6.83. The third kappa shape index (κ3) is 4.72. The molecule has 0 saturated carbocycles. The normalized spacial score (nSPS) is 13.0. The largest absolute Gasteiger partial charge is 0.385 e. The number of hydrogen-bond acceptors (Lipinski definition) is 4. The van der Waals surface area contributed by atoms with Gasteiger partial charge in [-0.15, -0.1) is 0 Å². The summed E-state index contributed by atoms with van der Waals surface area (Å²) in [7, 11) is 1.70. The van der Waals surface area contributed by atoms with Gasteiger partial charge in [0.25, 0.3) is 0 Å². The van der Waals surface area contributed by atoms with Gasteiger partial charge in [0, 0.05) is 32.8 Å². The molecule has 1 atom stereocenters. The Bertz CT molecular complexity index is 226. The molecule has 3 N–H and O–H groups in total. The maximum absolute atomic E-state index is 5.86. The molecule has 1 unspecified atom stereocenters. The highest BCUT2D eigenvalue weighted by molar-refractivity contribution is 7.07. The number of nitrogens with one attached hydrogen (secondary N) is 1. The average Bonchev–Trinajstić information content (AvgIpc) is 2.67. The molecule has 0 aliphatic heterocycles. The summed E-state index contributed by atoms with van der Waals surface area (Å²) in [5, 5.41) is 7.55. The summed E-state index contributed by atoms with van der Waals surface area (Å²) in [6.45, 7) is 2.49. The van der Waals surface area contributed by atoms with Crippen LogP contribution >= 0.6 is 11.3 Å². The first-order valence-corrected chi connectivity index (χ1v) is 5.73. The Balaban J connectivity index is 2.03. The van der Waals surface area contributed by atoms with Gasteiger partial charge in [-0.25, -0.2) is 0 Å². The zero-order chi connectivity index (χ0) is 10.2. The van der Waals surface area contributed by atoms with Crippen LogP contribution in [0.2, 0.25) is 0 Å². The fourth-order valence-corrected chi connectivity index (χ4v) is 1.84. The molecule has 0 spiro atoms. The summed E-state index contributed by atoms with van der Waals surface area (Å²) in [5.74, 6) is 0. The highest BCUT2D eigenvalue weighted by atomic mass is 32.1. The molecule has 14 heavy (non-hydrogen) atoms. The zero-order valence-corrected chi connectivity index (χ0v) is 9.35. The molecule has 0 fully saturated rings. The predicted octanol–water partition coefficient (Wildman–Crippen LogP) is 1.20. The quantitative estimate of drug-likeness (QED) is 0.717. The van der Waals surface area contributed by atoms with E-state index in [-0.39, 0.29) is 6.04 Å². The van der Waals surface area contributed by atoms with Crippen LogP contribution in [-0.2, 0) is 11.3 Å². The number of ether oxygens (including phenoxy) is 1. The molecule has 1 rings (SSSR count). The topological polar surface area (TPSA) is 47.3 Å². The fourth-order valence-electron chi connectivity index (χ4n) is 1.17. The average molecular weight is 214 g/mol. The number of hydrogen-bond donors (Lipinski definition) is 2. The van der Waals surface area contributed by atoms with Crippen molar-refractivity contribution in [2.75, 3.05) is 20.3 Å². The van der Waals surface area contributed by atoms with Crippen LogP contribution in [0.1, 0.15) is 12.0 Å². The van der Waals surface area contributed by atoms with Gasteiger partial charge in [-0.3, -0.25) is 0 Å². The lowest BCUT2D eigenvalue weighted by Crippen LogP contribution is -2.34. The Hall–Kier alpha value is -0.420. The van der Waals surface area contributed by atoms with Crippen molar-refractivity contribution >= 4 is 11.3 Å². The molecular formula is C10H18N2OS. The zero-order valence-electron chi connectivity index (χ0n) is 8.53. The molecule has 80 valence electrons. The standard InChI is InChI=1S/C10H18N2OS/c1-13-4-2-10(11)7-12-6-9-3-5-14-8-9/h3,5,8,10,12H,2,4,6-7,11H2,1H3. The van der Waals surface area contributed by atoms with Gasteiger partial charge >= 0.3 is 0 Å². The van der Waals surface area contributed by atoms with Crippen molar-refractivity contribution in [3.05, 3.63) is 22.4 Å². The highest BCUT2D eigenvalue weighted by Crippen LogP contribution is 2.04. The van der Waals surface area contributed by atoms with Gasteiger partial charge in [-0.1, -0.05) is 0 Å². The number of rotatable bonds is 7. The molecule has 0 aliphatic carbocycles. The number of methoxy groups -OCH3 is 1. The van der Waals surface area contributed by atoms with E-state index in [1.54, 1.807) is 18.4 Å². The van der Waals surface area contributed by atoms with Crippen LogP contribution in [0, 0.1) is 0 Å². The summed E-state index contributed by atoms with van der Waals surface area (Å²) in [6.07, 6.45) is 0.910. The third-order valence-electron chi connectivity index (χ3n) is 2.01. The van der Waals surface area contributed by atoms with Crippen molar-refractivity contribution in [3.63, 3.8) is 0 Å². The molecule has 3 nitrogen and oxygen atoms in total. The molecule has 0 bridgehead atoms. The van der Waals surface area contributed by atoms with E-state index in [1.165, 1.54) is 5.56 Å². The monoisotopic (exact) mass is 214 g/mol. The van der Waals surface area contributed by atoms with Gasteiger partial charge in [-0.2, -0.15) is 11.3 Å². The Labute approximate surface area is 89.3 Å². The maximum Gasteiger partial charge on any atom is 0.0477 e. The van der Waals surface area contributed by atoms with E-state index >= 15 is 0 Å². The third-order valence-corrected chi connectivity index (χ3v) is 2.74. The van der Waals surface area contributed by atoms with Crippen molar-refractivity contribution < 1.29 is 4.74 Å². The molecule has 0 amide bonds. The van der Waals surface area contributed by atoms with Crippen LogP contribution < -0.4 is 11.1 Å². The highest BCUT2D eigenvalue weighted by Gasteiger charge is 2.01. The Morgan fingerprint density at radius 2 is 2.50 bits per heavy atom. The second-order valence-electron chi connectivity index (χ2n) is 3.30. The molecule has 0 radical (unpaired) electrons. The van der Waals surface area contributed by atoms with E-state index in [0.717, 1.165) is 26.1 Å². The smallest absolute Gasteiger partial charge is 0.0477 e. The second-order valence-corrected chi connectivity index (χ2v) is 4.08. The van der Waals surface area contributed by atoms with Crippen LogP contribution in [0.15, 0.2) is 16.8 Å². The molecule has 0 aliphatic rings. The lowest BCUT2D eigenvalue weighted by molar-refractivity contribution is 0.187. The van der Waals surface area contributed by atoms with Crippen molar-refractivity contribution in [1.82, 2.24) is 5.32 Å². The maximum atomic E-state index is 5.86. The molecular weight excluding hydrogens is 196 g/mol.